The van der Waals surface area contributed by atoms with Crippen LogP contribution >= 0.6 is 0 Å². The third-order valence-electron chi connectivity index (χ3n) is 9.04. The second kappa shape index (κ2) is 14.4. The molecule has 4 aromatic heterocycles. The monoisotopic (exact) mass is 842 g/mol. The Labute approximate surface area is 310 Å². The van der Waals surface area contributed by atoms with Crippen molar-refractivity contribution < 1.29 is 24.5 Å². The number of rotatable bonds is 5. The largest absolute Gasteiger partial charge is 0.498 e. The predicted molar refractivity (Wildman–Crippen MR) is 202 cm³/mol. The van der Waals surface area contributed by atoms with Crippen LogP contribution in [0.25, 0.3) is 72.3 Å². The van der Waals surface area contributed by atoms with E-state index >= 15 is 0 Å². The Hall–Kier alpha value is -5.49. The summed E-state index contributed by atoms with van der Waals surface area (Å²) < 4.78 is 8.92. The summed E-state index contributed by atoms with van der Waals surface area (Å²) in [5.41, 5.74) is 11.7. The van der Waals surface area contributed by atoms with Gasteiger partial charge in [0, 0.05) is 49.8 Å². The number of pyridine rings is 1. The molecule has 253 valence electrons. The van der Waals surface area contributed by atoms with Gasteiger partial charge in [-0.25, -0.2) is 4.98 Å². The maximum absolute atomic E-state index is 6.61. The third kappa shape index (κ3) is 6.24. The van der Waals surface area contributed by atoms with Crippen molar-refractivity contribution in [2.24, 2.45) is 0 Å². The third-order valence-corrected chi connectivity index (χ3v) is 9.04. The van der Waals surface area contributed by atoms with E-state index in [1.165, 1.54) is 16.8 Å². The van der Waals surface area contributed by atoms with Crippen molar-refractivity contribution in [3.05, 3.63) is 151 Å². The number of imidazole rings is 1. The molecule has 0 unspecified atom stereocenters. The van der Waals surface area contributed by atoms with E-state index in [4.69, 9.17) is 9.40 Å². The van der Waals surface area contributed by atoms with Gasteiger partial charge in [-0.15, -0.1) is 54.1 Å². The maximum atomic E-state index is 6.61. The molecule has 9 aromatic rings. The molecule has 0 fully saturated rings. The molecular weight excluding hydrogens is 807 g/mol. The number of nitrogens with zero attached hydrogens (tertiary/aromatic N) is 5. The Morgan fingerprint density at radius 3 is 2.10 bits per heavy atom. The fourth-order valence-electron chi connectivity index (χ4n) is 6.66. The standard InChI is InChI=1S/C33H27N4O.C11H8N.Ir/c1-19(2)21-9-7-10-22(20(3)4)30(21)37-28-14-6-5-13-26(28)36-33(37)25-12-8-11-23-24-15-16-27-29(35-18-17-34-27)32(24)38-31(23)25;1-2-6-10(7-3-1)11-8-4-5-9-12-11;/h5-11,13-20H,1-4H3;1-6,8-9H;/q2*-1;. The zero-order valence-corrected chi connectivity index (χ0v) is 31.2. The molecule has 0 aliphatic carbocycles. The Balaban J connectivity index is 0.000000265. The van der Waals surface area contributed by atoms with Gasteiger partial charge >= 0.3 is 0 Å². The zero-order valence-electron chi connectivity index (χ0n) is 28.8. The molecule has 0 saturated heterocycles. The molecule has 51 heavy (non-hydrogen) atoms. The molecule has 7 heteroatoms. The summed E-state index contributed by atoms with van der Waals surface area (Å²) >= 11 is 0. The summed E-state index contributed by atoms with van der Waals surface area (Å²) in [5.74, 6) is 1.50. The average Bonchev–Trinajstić information content (AvgIpc) is 3.74. The van der Waals surface area contributed by atoms with Crippen LogP contribution in [0.1, 0.15) is 50.7 Å². The van der Waals surface area contributed by atoms with E-state index in [0.717, 1.165) is 66.7 Å². The number of hydrogen-bond acceptors (Lipinski definition) is 5. The summed E-state index contributed by atoms with van der Waals surface area (Å²) in [6.45, 7) is 9.00. The first kappa shape index (κ1) is 34.0. The Kier molecular flexibility index (Phi) is 9.59. The average molecular weight is 842 g/mol. The number of benzene rings is 5. The van der Waals surface area contributed by atoms with Crippen LogP contribution in [0.3, 0.4) is 0 Å². The van der Waals surface area contributed by atoms with Gasteiger partial charge in [-0.2, -0.15) is 0 Å². The summed E-state index contributed by atoms with van der Waals surface area (Å²) in [7, 11) is 0. The summed E-state index contributed by atoms with van der Waals surface area (Å²) in [6, 6.07) is 43.4. The normalized spacial score (nSPS) is 11.3. The SMILES string of the molecule is CC(C)c1cccc(C(C)C)c1-n1c(-c2[c-]ccc3c2oc2c3ccc3nccnc32)nc2ccccc21.[Ir].[c-]1ccccc1-c1ccccn1. The van der Waals surface area contributed by atoms with Gasteiger partial charge in [-0.3, -0.25) is 9.97 Å². The van der Waals surface area contributed by atoms with Crippen LogP contribution in [0, 0.1) is 12.1 Å². The van der Waals surface area contributed by atoms with Crippen molar-refractivity contribution in [2.75, 3.05) is 0 Å². The summed E-state index contributed by atoms with van der Waals surface area (Å²) in [6.07, 6.45) is 5.20. The molecule has 5 aromatic carbocycles. The van der Waals surface area contributed by atoms with Gasteiger partial charge in [0.1, 0.15) is 11.1 Å². The molecular formula is C44H35IrN5O-2. The minimum Gasteiger partial charge on any atom is -0.498 e. The van der Waals surface area contributed by atoms with Gasteiger partial charge < -0.3 is 14.0 Å². The molecule has 0 amide bonds. The van der Waals surface area contributed by atoms with Crippen LogP contribution in [0.15, 0.2) is 132 Å². The quantitative estimate of drug-likeness (QED) is 0.161. The van der Waals surface area contributed by atoms with E-state index in [2.05, 4.69) is 108 Å². The van der Waals surface area contributed by atoms with Gasteiger partial charge in [0.15, 0.2) is 0 Å². The number of fused-ring (bicyclic) bond motifs is 6. The molecule has 9 rings (SSSR count). The van der Waals surface area contributed by atoms with Crippen molar-refractivity contribution in [1.82, 2.24) is 24.5 Å². The molecule has 0 bridgehead atoms. The van der Waals surface area contributed by atoms with Crippen LogP contribution in [0.5, 0.6) is 0 Å². The Morgan fingerprint density at radius 2 is 1.35 bits per heavy atom. The van der Waals surface area contributed by atoms with Gasteiger partial charge in [0.05, 0.1) is 28.0 Å². The molecule has 0 saturated carbocycles. The number of furan rings is 1. The first-order valence-corrected chi connectivity index (χ1v) is 17.0. The zero-order chi connectivity index (χ0) is 34.2. The van der Waals surface area contributed by atoms with Gasteiger partial charge in [0.25, 0.3) is 0 Å². The second-order valence-corrected chi connectivity index (χ2v) is 12.9. The smallest absolute Gasteiger partial charge is 0.148 e. The van der Waals surface area contributed by atoms with Crippen LogP contribution in [-0.2, 0) is 20.1 Å². The predicted octanol–water partition coefficient (Wildman–Crippen LogP) is 11.1. The topological polar surface area (TPSA) is 69.6 Å². The fraction of sp³-hybridized carbons (Fsp3) is 0.136. The Morgan fingerprint density at radius 1 is 0.608 bits per heavy atom. The molecule has 6 nitrogen and oxygen atoms in total. The van der Waals surface area contributed by atoms with E-state index in [1.807, 2.05) is 60.7 Å². The minimum atomic E-state index is 0. The molecule has 0 spiro atoms. The molecule has 0 atom stereocenters. The van der Waals surface area contributed by atoms with Crippen LogP contribution < -0.4 is 0 Å². The van der Waals surface area contributed by atoms with E-state index < -0.39 is 0 Å². The van der Waals surface area contributed by atoms with E-state index in [-0.39, 0.29) is 20.1 Å². The molecule has 0 aliphatic heterocycles. The minimum absolute atomic E-state index is 0. The molecule has 0 aliphatic rings. The maximum Gasteiger partial charge on any atom is 0.148 e. The van der Waals surface area contributed by atoms with Crippen LogP contribution in [0.2, 0.25) is 0 Å². The first-order chi connectivity index (χ1) is 24.5. The van der Waals surface area contributed by atoms with E-state index in [1.54, 1.807) is 18.6 Å². The number of hydrogen-bond donors (Lipinski definition) is 0. The van der Waals surface area contributed by atoms with Crippen molar-refractivity contribution in [2.45, 2.75) is 39.5 Å². The van der Waals surface area contributed by atoms with Crippen molar-refractivity contribution in [1.29, 1.82) is 0 Å². The van der Waals surface area contributed by atoms with Crippen molar-refractivity contribution >= 4 is 44.0 Å². The van der Waals surface area contributed by atoms with Crippen molar-refractivity contribution in [3.8, 4) is 28.3 Å². The van der Waals surface area contributed by atoms with Crippen LogP contribution in [-0.4, -0.2) is 24.5 Å². The van der Waals surface area contributed by atoms with Gasteiger partial charge in [-0.05, 0) is 59.0 Å². The van der Waals surface area contributed by atoms with Crippen LogP contribution in [0.4, 0.5) is 0 Å². The number of para-hydroxylation sites is 3. The molecule has 4 heterocycles. The summed E-state index contributed by atoms with van der Waals surface area (Å²) in [4.78, 5) is 18.5. The second-order valence-electron chi connectivity index (χ2n) is 12.9. The number of aromatic nitrogens is 5. The van der Waals surface area contributed by atoms with Crippen molar-refractivity contribution in [3.63, 3.8) is 0 Å². The van der Waals surface area contributed by atoms with E-state index in [0.29, 0.717) is 11.8 Å². The summed E-state index contributed by atoms with van der Waals surface area (Å²) in [5, 5.41) is 2.03. The first-order valence-electron chi connectivity index (χ1n) is 17.0. The fourth-order valence-corrected chi connectivity index (χ4v) is 6.66. The Bertz CT molecular complexity index is 2550. The molecule has 0 N–H and O–H groups in total. The van der Waals surface area contributed by atoms with Gasteiger partial charge in [-0.1, -0.05) is 81.1 Å². The van der Waals surface area contributed by atoms with Gasteiger partial charge in [0.2, 0.25) is 0 Å². The van der Waals surface area contributed by atoms with E-state index in [9.17, 15) is 0 Å². The molecule has 1 radical (unpaired) electrons.